The van der Waals surface area contributed by atoms with Gasteiger partial charge in [-0.25, -0.2) is 4.79 Å². The predicted molar refractivity (Wildman–Crippen MR) is 179 cm³/mol. The Bertz CT molecular complexity index is 1500. The summed E-state index contributed by atoms with van der Waals surface area (Å²) in [5.41, 5.74) is 8.65. The molecule has 4 nitrogen and oxygen atoms in total. The summed E-state index contributed by atoms with van der Waals surface area (Å²) in [6.45, 7) is 9.28. The van der Waals surface area contributed by atoms with E-state index in [-0.39, 0.29) is 6.09 Å². The van der Waals surface area contributed by atoms with Gasteiger partial charge in [0.1, 0.15) is 5.60 Å². The van der Waals surface area contributed by atoms with Crippen molar-refractivity contribution in [2.75, 3.05) is 26.2 Å². The molecule has 0 atom stereocenters. The summed E-state index contributed by atoms with van der Waals surface area (Å²) >= 11 is 0. The van der Waals surface area contributed by atoms with Gasteiger partial charge in [-0.3, -0.25) is 0 Å². The summed E-state index contributed by atoms with van der Waals surface area (Å²) in [7, 11) is 0. The highest BCUT2D eigenvalue weighted by atomic mass is 16.6. The molecule has 2 aliphatic heterocycles. The highest BCUT2D eigenvalue weighted by Crippen LogP contribution is 2.30. The molecule has 0 aromatic heterocycles. The van der Waals surface area contributed by atoms with Gasteiger partial charge in [0.25, 0.3) is 0 Å². The summed E-state index contributed by atoms with van der Waals surface area (Å²) in [5.74, 6) is 0.731. The monoisotopic (exact) mass is 572 g/mol. The zero-order chi connectivity index (χ0) is 30.1. The third-order valence-electron chi connectivity index (χ3n) is 8.01. The Morgan fingerprint density at radius 1 is 0.721 bits per heavy atom. The lowest BCUT2D eigenvalue weighted by molar-refractivity contribution is 0.0270. The second kappa shape index (κ2) is 14.3. The first-order chi connectivity index (χ1) is 20.9. The number of carbonyl (C=O) groups excluding carboxylic acids is 1. The lowest BCUT2D eigenvalue weighted by Crippen LogP contribution is -2.39. The van der Waals surface area contributed by atoms with Crippen LogP contribution in [0, 0.1) is 0 Å². The number of piperidine rings is 1. The molecule has 2 aliphatic rings. The van der Waals surface area contributed by atoms with Crippen molar-refractivity contribution in [1.29, 1.82) is 0 Å². The highest BCUT2D eigenvalue weighted by molar-refractivity contribution is 5.75. The standard InChI is InChI=1S/C22H25NO2.C17H19N/c1-22(2,3)25-21(24)23-14-12-18(13-15-23)20-11-7-10-19(16-20)17-8-5-4-6-9-17;1-2-5-14(6-3-1)16-7-4-8-17(13-16)15-9-11-18-12-10-15/h4-12,16H,13-15H2,1-3H3;1-8,13,15,18H,9-12H2. The second-order valence-corrected chi connectivity index (χ2v) is 12.4. The molecule has 0 bridgehead atoms. The molecule has 222 valence electrons. The Balaban J connectivity index is 0.000000180. The van der Waals surface area contributed by atoms with Crippen molar-refractivity contribution < 1.29 is 9.53 Å². The number of hydrogen-bond donors (Lipinski definition) is 1. The van der Waals surface area contributed by atoms with E-state index < -0.39 is 5.60 Å². The SMILES string of the molecule is CC(C)(C)OC(=O)N1CC=C(c2cccc(-c3ccccc3)c2)CC1.c1ccc(-c2cccc(C3CCNCC3)c2)cc1. The molecule has 0 spiro atoms. The fourth-order valence-corrected chi connectivity index (χ4v) is 5.71. The normalized spacial score (nSPS) is 15.6. The Labute approximate surface area is 257 Å². The van der Waals surface area contributed by atoms with Crippen LogP contribution in [0.5, 0.6) is 0 Å². The van der Waals surface area contributed by atoms with Gasteiger partial charge in [-0.15, -0.1) is 0 Å². The quantitative estimate of drug-likeness (QED) is 0.265. The molecule has 0 radical (unpaired) electrons. The smallest absolute Gasteiger partial charge is 0.410 e. The number of carbonyl (C=O) groups is 1. The van der Waals surface area contributed by atoms with Gasteiger partial charge in [0, 0.05) is 13.1 Å². The van der Waals surface area contributed by atoms with E-state index in [0.717, 1.165) is 25.4 Å². The number of nitrogens with zero attached hydrogens (tertiary/aromatic N) is 1. The minimum absolute atomic E-state index is 0.235. The number of hydrogen-bond acceptors (Lipinski definition) is 3. The van der Waals surface area contributed by atoms with Crippen LogP contribution in [-0.2, 0) is 4.74 Å². The molecule has 43 heavy (non-hydrogen) atoms. The first kappa shape index (κ1) is 30.3. The van der Waals surface area contributed by atoms with Gasteiger partial charge < -0.3 is 15.0 Å². The van der Waals surface area contributed by atoms with Gasteiger partial charge in [-0.2, -0.15) is 0 Å². The number of rotatable bonds is 4. The van der Waals surface area contributed by atoms with E-state index in [2.05, 4.69) is 115 Å². The molecule has 6 rings (SSSR count). The largest absolute Gasteiger partial charge is 0.444 e. The lowest BCUT2D eigenvalue weighted by atomic mass is 9.88. The van der Waals surface area contributed by atoms with Gasteiger partial charge in [0.05, 0.1) is 0 Å². The van der Waals surface area contributed by atoms with Crippen LogP contribution < -0.4 is 5.32 Å². The molecule has 4 heteroatoms. The summed E-state index contributed by atoms with van der Waals surface area (Å²) in [5, 5.41) is 3.43. The molecule has 0 unspecified atom stereocenters. The molecular weight excluding hydrogens is 528 g/mol. The maximum atomic E-state index is 12.2. The fraction of sp³-hybridized carbons (Fsp3) is 0.308. The van der Waals surface area contributed by atoms with E-state index in [0.29, 0.717) is 13.1 Å². The third kappa shape index (κ3) is 8.68. The lowest BCUT2D eigenvalue weighted by Gasteiger charge is -2.29. The van der Waals surface area contributed by atoms with Gasteiger partial charge in [0.2, 0.25) is 0 Å². The van der Waals surface area contributed by atoms with Crippen LogP contribution in [0.1, 0.15) is 57.1 Å². The van der Waals surface area contributed by atoms with E-state index >= 15 is 0 Å². The Morgan fingerprint density at radius 3 is 1.86 bits per heavy atom. The maximum absolute atomic E-state index is 12.2. The average molecular weight is 573 g/mol. The van der Waals surface area contributed by atoms with E-state index in [1.54, 1.807) is 4.90 Å². The van der Waals surface area contributed by atoms with Gasteiger partial charge >= 0.3 is 6.09 Å². The molecule has 1 amide bonds. The van der Waals surface area contributed by atoms with Gasteiger partial charge in [-0.05, 0) is 104 Å². The molecule has 1 saturated heterocycles. The molecule has 4 aromatic rings. The van der Waals surface area contributed by atoms with Crippen LogP contribution in [0.4, 0.5) is 4.79 Å². The molecule has 0 saturated carbocycles. The second-order valence-electron chi connectivity index (χ2n) is 12.4. The molecule has 2 heterocycles. The summed E-state index contributed by atoms with van der Waals surface area (Å²) < 4.78 is 5.45. The van der Waals surface area contributed by atoms with Crippen LogP contribution in [0.3, 0.4) is 0 Å². The Morgan fingerprint density at radius 2 is 1.28 bits per heavy atom. The van der Waals surface area contributed by atoms with Crippen molar-refractivity contribution >= 4 is 11.7 Å². The van der Waals surface area contributed by atoms with E-state index in [1.165, 1.54) is 51.8 Å². The van der Waals surface area contributed by atoms with Crippen LogP contribution >= 0.6 is 0 Å². The number of amides is 1. The molecule has 4 aromatic carbocycles. The fourth-order valence-electron chi connectivity index (χ4n) is 5.71. The van der Waals surface area contributed by atoms with Crippen LogP contribution in [0.25, 0.3) is 27.8 Å². The topological polar surface area (TPSA) is 41.6 Å². The average Bonchev–Trinajstić information content (AvgIpc) is 3.06. The number of nitrogens with one attached hydrogen (secondary N) is 1. The molecule has 0 aliphatic carbocycles. The number of benzene rings is 4. The van der Waals surface area contributed by atoms with E-state index in [9.17, 15) is 4.79 Å². The summed E-state index contributed by atoms with van der Waals surface area (Å²) in [6, 6.07) is 38.7. The van der Waals surface area contributed by atoms with Crippen LogP contribution in [-0.4, -0.2) is 42.8 Å². The Hall–Kier alpha value is -4.15. The maximum Gasteiger partial charge on any atom is 0.410 e. The highest BCUT2D eigenvalue weighted by Gasteiger charge is 2.24. The van der Waals surface area contributed by atoms with Crippen molar-refractivity contribution in [2.24, 2.45) is 0 Å². The minimum Gasteiger partial charge on any atom is -0.444 e. The third-order valence-corrected chi connectivity index (χ3v) is 8.01. The first-order valence-electron chi connectivity index (χ1n) is 15.5. The van der Waals surface area contributed by atoms with E-state index in [4.69, 9.17) is 4.74 Å². The van der Waals surface area contributed by atoms with Crippen LogP contribution in [0.2, 0.25) is 0 Å². The molecule has 1 N–H and O–H groups in total. The van der Waals surface area contributed by atoms with Crippen LogP contribution in [0.15, 0.2) is 115 Å². The minimum atomic E-state index is -0.453. The Kier molecular flexibility index (Phi) is 10.1. The van der Waals surface area contributed by atoms with Crippen molar-refractivity contribution in [3.63, 3.8) is 0 Å². The van der Waals surface area contributed by atoms with Crippen molar-refractivity contribution in [3.8, 4) is 22.3 Å². The van der Waals surface area contributed by atoms with E-state index in [1.807, 2.05) is 26.8 Å². The molecular formula is C39H44N2O2. The van der Waals surface area contributed by atoms with Gasteiger partial charge in [-0.1, -0.05) is 109 Å². The number of ether oxygens (including phenoxy) is 1. The van der Waals surface area contributed by atoms with Crippen molar-refractivity contribution in [2.45, 2.75) is 51.6 Å². The predicted octanol–water partition coefficient (Wildman–Crippen LogP) is 9.20. The summed E-state index contributed by atoms with van der Waals surface area (Å²) in [4.78, 5) is 13.9. The summed E-state index contributed by atoms with van der Waals surface area (Å²) in [6.07, 6.45) is 5.27. The zero-order valence-corrected chi connectivity index (χ0v) is 25.8. The van der Waals surface area contributed by atoms with Crippen molar-refractivity contribution in [1.82, 2.24) is 10.2 Å². The molecule has 1 fully saturated rings. The zero-order valence-electron chi connectivity index (χ0n) is 25.8. The first-order valence-corrected chi connectivity index (χ1v) is 15.5. The van der Waals surface area contributed by atoms with Gasteiger partial charge in [0.15, 0.2) is 0 Å². The van der Waals surface area contributed by atoms with Crippen molar-refractivity contribution in [3.05, 3.63) is 126 Å².